The number of fused-ring (bicyclic) bond motifs is 1. The Morgan fingerprint density at radius 2 is 0.900 bits per heavy atom. The van der Waals surface area contributed by atoms with E-state index >= 15 is 0 Å². The molecule has 1 aromatic rings. The van der Waals surface area contributed by atoms with Crippen molar-refractivity contribution in [2.24, 2.45) is 0 Å². The average Bonchev–Trinajstić information content (AvgIpc) is 2.92. The average molecular weight is 607 g/mol. The van der Waals surface area contributed by atoms with Gasteiger partial charge in [0.05, 0.1) is 0 Å². The second-order valence-corrected chi connectivity index (χ2v) is 18.0. The van der Waals surface area contributed by atoms with Crippen LogP contribution in [0.2, 0.25) is 13.1 Å². The van der Waals surface area contributed by atoms with Crippen LogP contribution in [0.25, 0.3) is 29.0 Å². The van der Waals surface area contributed by atoms with Gasteiger partial charge in [-0.2, -0.15) is 0 Å². The largest absolute Gasteiger partial charge is 4.00 e. The zero-order valence-corrected chi connectivity index (χ0v) is 32.2. The third kappa shape index (κ3) is 53.5. The normalized spacial score (nSPS) is 13.8. The molecule has 0 heterocycles. The van der Waals surface area contributed by atoms with E-state index in [2.05, 4.69) is 63.5 Å². The van der Waals surface area contributed by atoms with Crippen LogP contribution in [-0.4, -0.2) is 31.0 Å². The molecule has 4 N–H and O–H groups in total. The van der Waals surface area contributed by atoms with Crippen molar-refractivity contribution in [2.75, 3.05) is 0 Å². The Hall–Kier alpha value is -0.789. The first-order chi connectivity index (χ1) is 16.8. The molecule has 0 aromatic heterocycles. The number of hydrogen-bond donors (Lipinski definition) is 0. The zero-order valence-electron chi connectivity index (χ0n) is 29.5. The molecule has 4 nitrogen and oxygen atoms in total. The fourth-order valence-electron chi connectivity index (χ4n) is 2.39. The molecule has 1 aliphatic rings. The molecule has 0 radical (unpaired) electrons. The Kier molecular flexibility index (Phi) is 26.7. The van der Waals surface area contributed by atoms with Crippen LogP contribution in [0.5, 0.6) is 0 Å². The van der Waals surface area contributed by atoms with E-state index in [0.29, 0.717) is 0 Å². The number of hydrogen-bond acceptors (Lipinski definition) is 0. The molecule has 0 fully saturated rings. The molecule has 0 amide bonds. The minimum atomic E-state index is -0.586. The molecule has 6 heteroatoms. The SMILES string of the molecule is C=C(C)C(=C)C.CC(C)(C)[NH-].CC(C)(C)[NH-].CC(C)(C)[NH-].CC(C)(C)[NH-].CC1=Cc2ccccc2C1[SiH](C)C.[Ti+4]. The second kappa shape index (κ2) is 21.8. The molecule has 230 valence electrons. The Labute approximate surface area is 268 Å². The van der Waals surface area contributed by atoms with Gasteiger partial charge >= 0.3 is 21.7 Å². The Balaban J connectivity index is -0.000000131. The Bertz CT molecular complexity index is 762. The molecule has 2 rings (SSSR count). The first-order valence-corrected chi connectivity index (χ1v) is 16.9. The van der Waals surface area contributed by atoms with Gasteiger partial charge in [0.15, 0.2) is 0 Å². The minimum Gasteiger partial charge on any atom is -0.673 e. The van der Waals surface area contributed by atoms with E-state index in [-0.39, 0.29) is 43.9 Å². The van der Waals surface area contributed by atoms with Gasteiger partial charge in [0.1, 0.15) is 0 Å². The quantitative estimate of drug-likeness (QED) is 0.236. The summed E-state index contributed by atoms with van der Waals surface area (Å²) in [6.07, 6.45) is 2.35. The maximum atomic E-state index is 6.94. The maximum Gasteiger partial charge on any atom is 4.00 e. The third-order valence-corrected chi connectivity index (χ3v) is 5.82. The molecular weight excluding hydrogens is 540 g/mol. The summed E-state index contributed by atoms with van der Waals surface area (Å²) in [7, 11) is -0.586. The van der Waals surface area contributed by atoms with Crippen molar-refractivity contribution >= 4 is 14.9 Å². The molecule has 0 aliphatic heterocycles. The first kappa shape index (κ1) is 48.9. The van der Waals surface area contributed by atoms with Crippen molar-refractivity contribution < 1.29 is 21.7 Å². The third-order valence-electron chi connectivity index (χ3n) is 3.60. The van der Waals surface area contributed by atoms with Crippen LogP contribution >= 0.6 is 0 Å². The van der Waals surface area contributed by atoms with Gasteiger partial charge in [-0.15, -0.1) is 22.2 Å². The van der Waals surface area contributed by atoms with Crippen molar-refractivity contribution in [1.82, 2.24) is 0 Å². The Morgan fingerprint density at radius 3 is 1.12 bits per heavy atom. The van der Waals surface area contributed by atoms with Gasteiger partial charge in [0, 0.05) is 8.80 Å². The predicted octanol–water partition coefficient (Wildman–Crippen LogP) is 12.7. The van der Waals surface area contributed by atoms with E-state index in [1.807, 2.05) is 96.9 Å². The summed E-state index contributed by atoms with van der Waals surface area (Å²) in [5.41, 5.74) is 34.3. The van der Waals surface area contributed by atoms with Gasteiger partial charge in [0.2, 0.25) is 0 Å². The van der Waals surface area contributed by atoms with Crippen molar-refractivity contribution in [1.29, 1.82) is 0 Å². The molecule has 40 heavy (non-hydrogen) atoms. The molecule has 1 aromatic carbocycles. The molecule has 0 saturated carbocycles. The Morgan fingerprint density at radius 1 is 0.650 bits per heavy atom. The van der Waals surface area contributed by atoms with Gasteiger partial charge in [-0.1, -0.05) is 156 Å². The van der Waals surface area contributed by atoms with Crippen LogP contribution in [0.4, 0.5) is 0 Å². The summed E-state index contributed by atoms with van der Waals surface area (Å²) in [6, 6.07) is 8.82. The van der Waals surface area contributed by atoms with Gasteiger partial charge in [0.25, 0.3) is 0 Å². The van der Waals surface area contributed by atoms with Crippen LogP contribution in [0.1, 0.15) is 121 Å². The van der Waals surface area contributed by atoms with Gasteiger partial charge in [-0.05, 0) is 37.4 Å². The van der Waals surface area contributed by atoms with Crippen LogP contribution < -0.4 is 0 Å². The summed E-state index contributed by atoms with van der Waals surface area (Å²) in [4.78, 5) is 0. The van der Waals surface area contributed by atoms with Crippen LogP contribution in [0.3, 0.4) is 0 Å². The summed E-state index contributed by atoms with van der Waals surface area (Å²) in [5.74, 6) is 0. The summed E-state index contributed by atoms with van der Waals surface area (Å²) < 4.78 is 0. The summed E-state index contributed by atoms with van der Waals surface area (Å²) in [6.45, 7) is 40.6. The van der Waals surface area contributed by atoms with E-state index in [1.54, 1.807) is 11.1 Å². The minimum absolute atomic E-state index is 0. The molecule has 1 atom stereocenters. The molecule has 1 aliphatic carbocycles. The van der Waals surface area contributed by atoms with Gasteiger partial charge < -0.3 is 22.9 Å². The van der Waals surface area contributed by atoms with Crippen molar-refractivity contribution in [2.45, 2.75) is 145 Å². The molecular formula is C34H66N4SiTi. The fraction of sp³-hybridized carbons (Fsp3) is 0.647. The number of rotatable bonds is 2. The smallest absolute Gasteiger partial charge is 0.673 e. The number of benzene rings is 1. The first-order valence-electron chi connectivity index (χ1n) is 13.9. The van der Waals surface area contributed by atoms with E-state index in [1.165, 1.54) is 5.56 Å². The van der Waals surface area contributed by atoms with E-state index in [9.17, 15) is 0 Å². The molecule has 0 saturated heterocycles. The van der Waals surface area contributed by atoms with Crippen molar-refractivity contribution in [3.63, 3.8) is 0 Å². The van der Waals surface area contributed by atoms with Crippen molar-refractivity contribution in [3.8, 4) is 0 Å². The van der Waals surface area contributed by atoms with E-state index < -0.39 is 8.80 Å². The standard InChI is InChI=1S/C12H16Si.C6H10.4C4H10N.Ti/c1-9-8-10-6-4-5-7-11(10)12(9)13(2)3;1-5(2)6(3)4;4*1-4(2,3)5;/h4-8,12-13H,1-3H3;1,3H2,2,4H3;4*5H,1-3H3;/q;;4*-1;+4. The maximum absolute atomic E-state index is 6.94. The van der Waals surface area contributed by atoms with Crippen LogP contribution in [-0.2, 0) is 21.7 Å². The summed E-state index contributed by atoms with van der Waals surface area (Å²) >= 11 is 0. The van der Waals surface area contributed by atoms with Crippen molar-refractivity contribution in [3.05, 3.63) is 88.2 Å². The predicted molar refractivity (Wildman–Crippen MR) is 188 cm³/mol. The van der Waals surface area contributed by atoms with E-state index in [4.69, 9.17) is 22.9 Å². The molecule has 0 bridgehead atoms. The summed E-state index contributed by atoms with van der Waals surface area (Å²) in [5, 5.41) is 0. The molecule has 1 unspecified atom stereocenters. The van der Waals surface area contributed by atoms with E-state index in [0.717, 1.165) is 16.7 Å². The van der Waals surface area contributed by atoms with Gasteiger partial charge in [-0.3, -0.25) is 0 Å². The number of allylic oxidation sites excluding steroid dienone is 3. The monoisotopic (exact) mass is 606 g/mol. The number of nitrogens with one attached hydrogen (secondary N) is 4. The zero-order chi connectivity index (χ0) is 32.6. The topological polar surface area (TPSA) is 95.2 Å². The van der Waals surface area contributed by atoms with Crippen LogP contribution in [0.15, 0.2) is 54.1 Å². The van der Waals surface area contributed by atoms with Gasteiger partial charge in [-0.25, -0.2) is 0 Å². The molecule has 0 spiro atoms. The van der Waals surface area contributed by atoms with Crippen LogP contribution in [0, 0.1) is 0 Å². The fourth-order valence-corrected chi connectivity index (χ4v) is 4.56. The second-order valence-electron chi connectivity index (χ2n) is 14.8.